The van der Waals surface area contributed by atoms with Crippen LogP contribution in [0, 0.1) is 0 Å². The summed E-state index contributed by atoms with van der Waals surface area (Å²) in [5.74, 6) is -1.01. The zero-order valence-corrected chi connectivity index (χ0v) is 13.5. The summed E-state index contributed by atoms with van der Waals surface area (Å²) in [6.45, 7) is -0.243. The summed E-state index contributed by atoms with van der Waals surface area (Å²) in [4.78, 5) is 35.2. The molecule has 6 nitrogen and oxygen atoms in total. The van der Waals surface area contributed by atoms with Crippen molar-refractivity contribution in [1.82, 2.24) is 5.32 Å². The summed E-state index contributed by atoms with van der Waals surface area (Å²) < 4.78 is 0. The first kappa shape index (κ1) is 17.6. The van der Waals surface area contributed by atoms with Crippen molar-refractivity contribution in [2.75, 3.05) is 17.6 Å². The number of amides is 2. The van der Waals surface area contributed by atoms with Crippen molar-refractivity contribution in [3.8, 4) is 5.75 Å². The largest absolute Gasteiger partial charge is 0.506 e. The van der Waals surface area contributed by atoms with Crippen LogP contribution >= 0.6 is 11.8 Å². The Morgan fingerprint density at radius 3 is 2.29 bits per heavy atom. The van der Waals surface area contributed by atoms with E-state index >= 15 is 0 Å². The molecule has 24 heavy (non-hydrogen) atoms. The maximum Gasteiger partial charge on any atom is 0.243 e. The highest BCUT2D eigenvalue weighted by molar-refractivity contribution is 8.14. The number of thioether (sulfide) groups is 1. The van der Waals surface area contributed by atoms with Crippen LogP contribution in [0.5, 0.6) is 5.75 Å². The van der Waals surface area contributed by atoms with Gasteiger partial charge < -0.3 is 15.7 Å². The highest BCUT2D eigenvalue weighted by atomic mass is 32.2. The minimum Gasteiger partial charge on any atom is -0.506 e. The zero-order valence-electron chi connectivity index (χ0n) is 12.7. The summed E-state index contributed by atoms with van der Waals surface area (Å²) >= 11 is 0.873. The number of benzene rings is 2. The standard InChI is InChI=1S/C17H16N2O4S/c20-14-9-5-4-8-13(14)19-15(21)10-18-16(22)11-24-17(23)12-6-2-1-3-7-12/h1-9,20H,10-11H2,(H,18,22)(H,19,21). The molecule has 0 aliphatic rings. The van der Waals surface area contributed by atoms with Gasteiger partial charge in [0.15, 0.2) is 0 Å². The van der Waals surface area contributed by atoms with Crippen LogP contribution < -0.4 is 10.6 Å². The van der Waals surface area contributed by atoms with Gasteiger partial charge in [-0.2, -0.15) is 0 Å². The number of hydrogen-bond acceptors (Lipinski definition) is 5. The first-order valence-corrected chi connectivity index (χ1v) is 8.11. The minimum atomic E-state index is -0.468. The minimum absolute atomic E-state index is 0.0545. The predicted molar refractivity (Wildman–Crippen MR) is 93.0 cm³/mol. The molecule has 0 aromatic heterocycles. The molecule has 0 spiro atoms. The average Bonchev–Trinajstić information content (AvgIpc) is 2.60. The highest BCUT2D eigenvalue weighted by Crippen LogP contribution is 2.21. The second kappa shape index (κ2) is 8.73. The molecule has 0 bridgehead atoms. The number of anilines is 1. The SMILES string of the molecule is O=C(CSC(=O)c1ccccc1)NCC(=O)Nc1ccccc1O. The molecule has 3 N–H and O–H groups in total. The Morgan fingerprint density at radius 2 is 1.58 bits per heavy atom. The number of carbonyl (C=O) groups is 3. The number of nitrogens with one attached hydrogen (secondary N) is 2. The molecule has 7 heteroatoms. The molecule has 0 unspecified atom stereocenters. The topological polar surface area (TPSA) is 95.5 Å². The van der Waals surface area contributed by atoms with Gasteiger partial charge in [-0.05, 0) is 12.1 Å². The number of hydrogen-bond donors (Lipinski definition) is 3. The number of rotatable bonds is 6. The van der Waals surface area contributed by atoms with Crippen LogP contribution in [-0.4, -0.2) is 34.3 Å². The number of phenols is 1. The molecule has 0 radical (unpaired) electrons. The van der Waals surface area contributed by atoms with E-state index < -0.39 is 11.8 Å². The van der Waals surface area contributed by atoms with Gasteiger partial charge in [-0.1, -0.05) is 54.2 Å². The molecule has 124 valence electrons. The molecule has 0 saturated carbocycles. The number of carbonyl (C=O) groups excluding carboxylic acids is 3. The van der Waals surface area contributed by atoms with Crippen LogP contribution in [0.25, 0.3) is 0 Å². The molecule has 0 fully saturated rings. The Labute approximate surface area is 143 Å². The lowest BCUT2D eigenvalue weighted by molar-refractivity contribution is -0.122. The van der Waals surface area contributed by atoms with Gasteiger partial charge in [0.2, 0.25) is 16.9 Å². The maximum absolute atomic E-state index is 11.8. The van der Waals surface area contributed by atoms with E-state index in [9.17, 15) is 19.5 Å². The Bertz CT molecular complexity index is 734. The summed E-state index contributed by atoms with van der Waals surface area (Å²) in [6, 6.07) is 14.9. The van der Waals surface area contributed by atoms with Gasteiger partial charge in [-0.15, -0.1) is 0 Å². The summed E-state index contributed by atoms with van der Waals surface area (Å²) in [5.41, 5.74) is 0.790. The van der Waals surface area contributed by atoms with Gasteiger partial charge in [0, 0.05) is 5.56 Å². The van der Waals surface area contributed by atoms with Crippen LogP contribution in [0.1, 0.15) is 10.4 Å². The molecule has 0 saturated heterocycles. The third kappa shape index (κ3) is 5.44. The average molecular weight is 344 g/mol. The van der Waals surface area contributed by atoms with Crippen molar-refractivity contribution in [3.63, 3.8) is 0 Å². The van der Waals surface area contributed by atoms with E-state index in [1.165, 1.54) is 6.07 Å². The Hall–Kier alpha value is -2.80. The van der Waals surface area contributed by atoms with E-state index in [4.69, 9.17) is 0 Å². The number of para-hydroxylation sites is 2. The normalized spacial score (nSPS) is 10.0. The van der Waals surface area contributed by atoms with Crippen molar-refractivity contribution in [3.05, 3.63) is 60.2 Å². The molecule has 2 amide bonds. The number of aromatic hydroxyl groups is 1. The van der Waals surface area contributed by atoms with E-state index in [2.05, 4.69) is 10.6 Å². The van der Waals surface area contributed by atoms with Crippen molar-refractivity contribution in [2.45, 2.75) is 0 Å². The van der Waals surface area contributed by atoms with Crippen molar-refractivity contribution < 1.29 is 19.5 Å². The van der Waals surface area contributed by atoms with Gasteiger partial charge in [0.1, 0.15) is 5.75 Å². The zero-order chi connectivity index (χ0) is 17.4. The van der Waals surface area contributed by atoms with Crippen molar-refractivity contribution in [1.29, 1.82) is 0 Å². The van der Waals surface area contributed by atoms with Crippen molar-refractivity contribution in [2.24, 2.45) is 0 Å². The maximum atomic E-state index is 11.8. The fourth-order valence-corrected chi connectivity index (χ4v) is 2.46. The molecule has 0 heterocycles. The van der Waals surface area contributed by atoms with Gasteiger partial charge in [0.05, 0.1) is 18.0 Å². The molecular formula is C17H16N2O4S. The molecule has 2 rings (SSSR count). The van der Waals surface area contributed by atoms with Gasteiger partial charge in [-0.25, -0.2) is 0 Å². The van der Waals surface area contributed by atoms with Crippen molar-refractivity contribution >= 4 is 34.4 Å². The smallest absolute Gasteiger partial charge is 0.243 e. The Morgan fingerprint density at radius 1 is 0.917 bits per heavy atom. The molecular weight excluding hydrogens is 328 g/mol. The highest BCUT2D eigenvalue weighted by Gasteiger charge is 2.11. The molecule has 0 aliphatic carbocycles. The molecule has 2 aromatic rings. The summed E-state index contributed by atoms with van der Waals surface area (Å²) in [5, 5.41) is 14.2. The van der Waals surface area contributed by atoms with Gasteiger partial charge in [-0.3, -0.25) is 14.4 Å². The molecule has 2 aromatic carbocycles. The fourth-order valence-electron chi connectivity index (χ4n) is 1.79. The van der Waals surface area contributed by atoms with Crippen LogP contribution in [0.15, 0.2) is 54.6 Å². The van der Waals surface area contributed by atoms with Crippen LogP contribution in [0.3, 0.4) is 0 Å². The molecule has 0 atom stereocenters. The quantitative estimate of drug-likeness (QED) is 0.697. The van der Waals surface area contributed by atoms with Crippen LogP contribution in [-0.2, 0) is 9.59 Å². The lowest BCUT2D eigenvalue weighted by Gasteiger charge is -2.08. The number of phenolic OH excluding ortho intramolecular Hbond substituents is 1. The first-order chi connectivity index (χ1) is 11.6. The molecule has 0 aliphatic heterocycles. The summed E-state index contributed by atoms with van der Waals surface area (Å²) in [6.07, 6.45) is 0. The predicted octanol–water partition coefficient (Wildman–Crippen LogP) is 2.02. The van der Waals surface area contributed by atoms with E-state index in [0.29, 0.717) is 5.56 Å². The van der Waals surface area contributed by atoms with E-state index in [1.54, 1.807) is 48.5 Å². The lowest BCUT2D eigenvalue weighted by atomic mass is 10.2. The monoisotopic (exact) mass is 344 g/mol. The summed E-state index contributed by atoms with van der Waals surface area (Å²) in [7, 11) is 0. The Balaban J connectivity index is 1.72. The Kier molecular flexibility index (Phi) is 6.39. The van der Waals surface area contributed by atoms with Crippen LogP contribution in [0.4, 0.5) is 5.69 Å². The van der Waals surface area contributed by atoms with E-state index in [0.717, 1.165) is 11.8 Å². The van der Waals surface area contributed by atoms with E-state index in [1.807, 2.05) is 0 Å². The van der Waals surface area contributed by atoms with E-state index in [-0.39, 0.29) is 28.8 Å². The second-order valence-electron chi connectivity index (χ2n) is 4.78. The first-order valence-electron chi connectivity index (χ1n) is 7.13. The van der Waals surface area contributed by atoms with Crippen LogP contribution in [0.2, 0.25) is 0 Å². The lowest BCUT2D eigenvalue weighted by Crippen LogP contribution is -2.34. The second-order valence-corrected chi connectivity index (χ2v) is 5.73. The fraction of sp³-hybridized carbons (Fsp3) is 0.118. The van der Waals surface area contributed by atoms with Gasteiger partial charge >= 0.3 is 0 Å². The third-order valence-corrected chi connectivity index (χ3v) is 3.87. The van der Waals surface area contributed by atoms with Gasteiger partial charge in [0.25, 0.3) is 0 Å². The third-order valence-electron chi connectivity index (χ3n) is 2.97.